The van der Waals surface area contributed by atoms with Gasteiger partial charge in [0, 0.05) is 12.0 Å². The highest BCUT2D eigenvalue weighted by Crippen LogP contribution is 2.27. The molecule has 1 aliphatic carbocycles. The van der Waals surface area contributed by atoms with Crippen LogP contribution in [0.1, 0.15) is 19.3 Å². The van der Waals surface area contributed by atoms with Crippen molar-refractivity contribution >= 4 is 11.5 Å². The molecule has 22 heavy (non-hydrogen) atoms. The fraction of sp³-hybridized carbons (Fsp3) is 0.429. The number of nitroso groups, excluding NO2 is 1. The van der Waals surface area contributed by atoms with E-state index in [1.165, 1.54) is 18.2 Å². The van der Waals surface area contributed by atoms with Gasteiger partial charge in [-0.3, -0.25) is 0 Å². The van der Waals surface area contributed by atoms with Gasteiger partial charge in [-0.2, -0.15) is 18.1 Å². The fourth-order valence-corrected chi connectivity index (χ4v) is 1.99. The summed E-state index contributed by atoms with van der Waals surface area (Å²) in [5.74, 6) is 0.296. The summed E-state index contributed by atoms with van der Waals surface area (Å²) in [5.41, 5.74) is 1.42. The molecule has 0 spiro atoms. The Morgan fingerprint density at radius 1 is 1.27 bits per heavy atom. The minimum absolute atomic E-state index is 0.0989. The third kappa shape index (κ3) is 4.94. The van der Waals surface area contributed by atoms with Crippen LogP contribution in [-0.4, -0.2) is 30.9 Å². The SMILES string of the molecule is O=NCCC1=NC(C2=CCC=C(CC(F)(F)F)C=C2)=NOC1. The molecule has 0 aromatic carbocycles. The Hall–Kier alpha value is -2.25. The van der Waals surface area contributed by atoms with Crippen LogP contribution < -0.4 is 0 Å². The molecular formula is C14H14F3N3O2. The van der Waals surface area contributed by atoms with E-state index in [0.717, 1.165) is 0 Å². The van der Waals surface area contributed by atoms with E-state index in [4.69, 9.17) is 4.84 Å². The van der Waals surface area contributed by atoms with Crippen molar-refractivity contribution in [2.45, 2.75) is 25.4 Å². The van der Waals surface area contributed by atoms with Crippen molar-refractivity contribution in [3.05, 3.63) is 40.4 Å². The zero-order valence-corrected chi connectivity index (χ0v) is 11.6. The predicted octanol–water partition coefficient (Wildman–Crippen LogP) is 3.69. The molecule has 0 aromatic heterocycles. The van der Waals surface area contributed by atoms with Crippen LogP contribution in [0.5, 0.6) is 0 Å². The average Bonchev–Trinajstić information content (AvgIpc) is 2.69. The van der Waals surface area contributed by atoms with Crippen LogP contribution in [0, 0.1) is 4.91 Å². The summed E-state index contributed by atoms with van der Waals surface area (Å²) in [6, 6.07) is 0. The molecule has 0 saturated carbocycles. The molecule has 0 aromatic rings. The molecule has 0 saturated heterocycles. The number of allylic oxidation sites excluding steroid dienone is 4. The Bertz CT molecular complexity index is 587. The number of oxime groups is 1. The van der Waals surface area contributed by atoms with Gasteiger partial charge in [0.1, 0.15) is 0 Å². The molecule has 0 fully saturated rings. The van der Waals surface area contributed by atoms with Gasteiger partial charge >= 0.3 is 6.18 Å². The number of nitrogens with zero attached hydrogens (tertiary/aromatic N) is 3. The van der Waals surface area contributed by atoms with E-state index in [-0.39, 0.29) is 18.7 Å². The fourth-order valence-electron chi connectivity index (χ4n) is 1.99. The van der Waals surface area contributed by atoms with Crippen LogP contribution in [0.4, 0.5) is 13.2 Å². The van der Waals surface area contributed by atoms with Crippen molar-refractivity contribution in [1.82, 2.24) is 0 Å². The van der Waals surface area contributed by atoms with Crippen LogP contribution in [-0.2, 0) is 4.84 Å². The summed E-state index contributed by atoms with van der Waals surface area (Å²) >= 11 is 0. The quantitative estimate of drug-likeness (QED) is 0.727. The largest absolute Gasteiger partial charge is 0.393 e. The van der Waals surface area contributed by atoms with Gasteiger partial charge in [0.05, 0.1) is 18.7 Å². The molecule has 2 aliphatic rings. The molecule has 8 heteroatoms. The lowest BCUT2D eigenvalue weighted by atomic mass is 10.1. The minimum Gasteiger partial charge on any atom is -0.388 e. The van der Waals surface area contributed by atoms with Gasteiger partial charge in [-0.25, -0.2) is 4.99 Å². The molecule has 0 bridgehead atoms. The second-order valence-electron chi connectivity index (χ2n) is 4.77. The Balaban J connectivity index is 2.06. The molecule has 0 N–H and O–H groups in total. The Morgan fingerprint density at radius 3 is 2.82 bits per heavy atom. The molecule has 1 heterocycles. The third-order valence-corrected chi connectivity index (χ3v) is 3.00. The van der Waals surface area contributed by atoms with Crippen molar-refractivity contribution < 1.29 is 18.0 Å². The Labute approximate surface area is 124 Å². The minimum atomic E-state index is -4.24. The lowest BCUT2D eigenvalue weighted by Gasteiger charge is -2.11. The molecule has 0 atom stereocenters. The molecule has 0 unspecified atom stereocenters. The summed E-state index contributed by atoms with van der Waals surface area (Å²) in [6.45, 7) is 0.287. The maximum Gasteiger partial charge on any atom is 0.393 e. The number of hydrogen-bond donors (Lipinski definition) is 0. The standard InChI is InChI=1S/C14H14F3N3O2/c15-14(16,17)8-10-2-1-3-11(5-4-10)13-19-12(6-7-18-21)9-22-20-13/h2-5H,1,6-9H2. The van der Waals surface area contributed by atoms with Gasteiger partial charge in [0.2, 0.25) is 0 Å². The topological polar surface area (TPSA) is 63.4 Å². The Morgan fingerprint density at radius 2 is 2.09 bits per heavy atom. The predicted molar refractivity (Wildman–Crippen MR) is 76.7 cm³/mol. The molecule has 0 amide bonds. The highest BCUT2D eigenvalue weighted by atomic mass is 19.4. The maximum absolute atomic E-state index is 12.4. The highest BCUT2D eigenvalue weighted by molar-refractivity contribution is 6.09. The number of amidine groups is 1. The van der Waals surface area contributed by atoms with Gasteiger partial charge < -0.3 is 4.84 Å². The van der Waals surface area contributed by atoms with Crippen molar-refractivity contribution in [3.8, 4) is 0 Å². The summed E-state index contributed by atoms with van der Waals surface area (Å²) in [7, 11) is 0. The van der Waals surface area contributed by atoms with Gasteiger partial charge in [-0.1, -0.05) is 34.6 Å². The van der Waals surface area contributed by atoms with E-state index < -0.39 is 12.6 Å². The zero-order valence-electron chi connectivity index (χ0n) is 11.6. The second-order valence-corrected chi connectivity index (χ2v) is 4.77. The summed E-state index contributed by atoms with van der Waals surface area (Å²) in [4.78, 5) is 19.4. The van der Waals surface area contributed by atoms with Crippen molar-refractivity contribution in [2.75, 3.05) is 13.2 Å². The van der Waals surface area contributed by atoms with Crippen LogP contribution in [0.2, 0.25) is 0 Å². The normalized spacial score (nSPS) is 18.5. The average molecular weight is 313 g/mol. The first-order chi connectivity index (χ1) is 10.5. The summed E-state index contributed by atoms with van der Waals surface area (Å²) < 4.78 is 37.2. The van der Waals surface area contributed by atoms with Crippen LogP contribution in [0.15, 0.2) is 50.8 Å². The molecule has 1 aliphatic heterocycles. The smallest absolute Gasteiger partial charge is 0.388 e. The van der Waals surface area contributed by atoms with E-state index in [1.54, 1.807) is 6.08 Å². The number of hydrogen-bond acceptors (Lipinski definition) is 5. The first-order valence-electron chi connectivity index (χ1n) is 6.68. The lowest BCUT2D eigenvalue weighted by Crippen LogP contribution is -2.17. The molecular weight excluding hydrogens is 299 g/mol. The van der Waals surface area contributed by atoms with E-state index in [9.17, 15) is 18.1 Å². The highest BCUT2D eigenvalue weighted by Gasteiger charge is 2.28. The van der Waals surface area contributed by atoms with Crippen molar-refractivity contribution in [3.63, 3.8) is 0 Å². The summed E-state index contributed by atoms with van der Waals surface area (Å²) in [5, 5.41) is 6.56. The monoisotopic (exact) mass is 313 g/mol. The van der Waals surface area contributed by atoms with E-state index in [1.807, 2.05) is 0 Å². The van der Waals surface area contributed by atoms with Gasteiger partial charge in [0.15, 0.2) is 12.4 Å². The van der Waals surface area contributed by atoms with Gasteiger partial charge in [-0.15, -0.1) is 0 Å². The molecule has 5 nitrogen and oxygen atoms in total. The summed E-state index contributed by atoms with van der Waals surface area (Å²) in [6.07, 6.45) is 1.72. The molecule has 118 valence electrons. The van der Waals surface area contributed by atoms with E-state index in [0.29, 0.717) is 30.0 Å². The number of rotatable bonds is 5. The second kappa shape index (κ2) is 7.15. The first-order valence-corrected chi connectivity index (χ1v) is 6.68. The third-order valence-electron chi connectivity index (χ3n) is 3.00. The van der Waals surface area contributed by atoms with Crippen LogP contribution in [0.25, 0.3) is 0 Å². The first kappa shape index (κ1) is 16.1. The number of alkyl halides is 3. The van der Waals surface area contributed by atoms with Gasteiger partial charge in [0.25, 0.3) is 0 Å². The zero-order chi connectivity index (χ0) is 16.0. The van der Waals surface area contributed by atoms with Crippen molar-refractivity contribution in [1.29, 1.82) is 0 Å². The number of halogens is 3. The Kier molecular flexibility index (Phi) is 5.24. The van der Waals surface area contributed by atoms with Crippen LogP contribution in [0.3, 0.4) is 0 Å². The van der Waals surface area contributed by atoms with Gasteiger partial charge in [-0.05, 0) is 12.0 Å². The molecule has 0 radical (unpaired) electrons. The maximum atomic E-state index is 12.4. The lowest BCUT2D eigenvalue weighted by molar-refractivity contribution is -0.126. The van der Waals surface area contributed by atoms with E-state index >= 15 is 0 Å². The van der Waals surface area contributed by atoms with Crippen molar-refractivity contribution in [2.24, 2.45) is 15.3 Å². The molecule has 2 rings (SSSR count). The van der Waals surface area contributed by atoms with Crippen LogP contribution >= 0.6 is 0 Å². The number of aliphatic imine (C=N–C) groups is 1. The van der Waals surface area contributed by atoms with E-state index in [2.05, 4.69) is 15.3 Å².